The van der Waals surface area contributed by atoms with E-state index in [0.717, 1.165) is 29.4 Å². The van der Waals surface area contributed by atoms with Crippen LogP contribution in [0.4, 0.5) is 5.69 Å². The predicted octanol–water partition coefficient (Wildman–Crippen LogP) is 3.58. The van der Waals surface area contributed by atoms with Crippen LogP contribution in [0.5, 0.6) is 0 Å². The first-order valence-electron chi connectivity index (χ1n) is 13.7. The second kappa shape index (κ2) is 11.8. The summed E-state index contributed by atoms with van der Waals surface area (Å²) in [6, 6.07) is 18.1. The highest BCUT2D eigenvalue weighted by Gasteiger charge is 2.41. The molecule has 3 heterocycles. The summed E-state index contributed by atoms with van der Waals surface area (Å²) in [5.41, 5.74) is 2.34. The first kappa shape index (κ1) is 27.9. The van der Waals surface area contributed by atoms with Crippen LogP contribution < -0.4 is 10.2 Å². The summed E-state index contributed by atoms with van der Waals surface area (Å²) in [6.45, 7) is 5.17. The number of aliphatic hydroxyl groups excluding tert-OH is 3. The lowest BCUT2D eigenvalue weighted by Gasteiger charge is -2.39. The second-order valence-electron chi connectivity index (χ2n) is 10.7. The van der Waals surface area contributed by atoms with E-state index < -0.39 is 36.4 Å². The van der Waals surface area contributed by atoms with Gasteiger partial charge >= 0.3 is 0 Å². The van der Waals surface area contributed by atoms with Crippen molar-refractivity contribution in [3.05, 3.63) is 59.9 Å². The fourth-order valence-corrected chi connectivity index (χ4v) is 5.39. The molecule has 0 saturated carbocycles. The summed E-state index contributed by atoms with van der Waals surface area (Å²) < 4.78 is 11.4. The van der Waals surface area contributed by atoms with E-state index in [4.69, 9.17) is 9.15 Å². The first-order valence-corrected chi connectivity index (χ1v) is 13.7. The monoisotopic (exact) mass is 545 g/mol. The van der Waals surface area contributed by atoms with E-state index >= 15 is 0 Å². The quantitative estimate of drug-likeness (QED) is 0.272. The van der Waals surface area contributed by atoms with Crippen molar-refractivity contribution in [2.24, 2.45) is 5.92 Å². The number of aliphatic hydroxyl groups is 3. The molecule has 9 heteroatoms. The lowest BCUT2D eigenvalue weighted by atomic mass is 9.92. The van der Waals surface area contributed by atoms with E-state index in [0.29, 0.717) is 17.1 Å². The smallest absolute Gasteiger partial charge is 0.262 e. The summed E-state index contributed by atoms with van der Waals surface area (Å²) in [5, 5.41) is 44.8. The van der Waals surface area contributed by atoms with Gasteiger partial charge < -0.3 is 34.7 Å². The molecule has 2 aliphatic rings. The minimum absolute atomic E-state index is 0.149. The van der Waals surface area contributed by atoms with Crippen molar-refractivity contribution >= 4 is 27.9 Å². The Balaban J connectivity index is 1.30. The zero-order valence-corrected chi connectivity index (χ0v) is 22.7. The highest BCUT2D eigenvalue weighted by Crippen LogP contribution is 2.32. The molecular formula is C31H35N3O6. The number of hydrogen-bond donors (Lipinski definition) is 4. The SMILES string of the molecule is C/C(=C(/C#N)C(=O)NC[C@H]1OC(O)[C@H](C)[C@@H](O)[C@@H]1O)c1ccc(-c2ccc3cc(N4CCCCC4)ccc3c2)o1. The van der Waals surface area contributed by atoms with E-state index in [1.54, 1.807) is 19.9 Å². The van der Waals surface area contributed by atoms with Gasteiger partial charge in [-0.1, -0.05) is 25.1 Å². The zero-order valence-electron chi connectivity index (χ0n) is 22.7. The van der Waals surface area contributed by atoms with Crippen molar-refractivity contribution in [1.82, 2.24) is 5.32 Å². The van der Waals surface area contributed by atoms with Gasteiger partial charge in [-0.2, -0.15) is 5.26 Å². The number of nitriles is 1. The van der Waals surface area contributed by atoms with Gasteiger partial charge in [0.05, 0.1) is 6.10 Å². The van der Waals surface area contributed by atoms with Crippen molar-refractivity contribution in [3.8, 4) is 17.4 Å². The van der Waals surface area contributed by atoms with Crippen LogP contribution in [0.25, 0.3) is 27.7 Å². The number of furan rings is 1. The highest BCUT2D eigenvalue weighted by molar-refractivity contribution is 6.04. The summed E-state index contributed by atoms with van der Waals surface area (Å²) >= 11 is 0. The van der Waals surface area contributed by atoms with Crippen LogP contribution in [0.15, 0.2) is 58.5 Å². The molecule has 4 N–H and O–H groups in total. The summed E-state index contributed by atoms with van der Waals surface area (Å²) in [4.78, 5) is 15.3. The first-order chi connectivity index (χ1) is 19.3. The number of nitrogens with one attached hydrogen (secondary N) is 1. The summed E-state index contributed by atoms with van der Waals surface area (Å²) in [7, 11) is 0. The number of rotatable bonds is 6. The zero-order chi connectivity index (χ0) is 28.4. The van der Waals surface area contributed by atoms with Gasteiger partial charge in [0.1, 0.15) is 35.4 Å². The molecule has 1 amide bonds. The van der Waals surface area contributed by atoms with E-state index in [1.165, 1.54) is 24.9 Å². The number of benzene rings is 2. The molecule has 0 aliphatic carbocycles. The largest absolute Gasteiger partial charge is 0.456 e. The Bertz CT molecular complexity index is 1450. The topological polar surface area (TPSA) is 139 Å². The van der Waals surface area contributed by atoms with Gasteiger partial charge in [0, 0.05) is 42.4 Å². The van der Waals surface area contributed by atoms with E-state index in [9.17, 15) is 25.4 Å². The fraction of sp³-hybridized carbons (Fsp3) is 0.419. The Kier molecular flexibility index (Phi) is 8.24. The van der Waals surface area contributed by atoms with Crippen LogP contribution in [0.2, 0.25) is 0 Å². The Morgan fingerprint density at radius 3 is 2.50 bits per heavy atom. The summed E-state index contributed by atoms with van der Waals surface area (Å²) in [6.07, 6.45) is -1.04. The van der Waals surface area contributed by atoms with Crippen molar-refractivity contribution in [3.63, 3.8) is 0 Å². The normalized spacial score (nSPS) is 25.8. The molecule has 1 aromatic heterocycles. The second-order valence-corrected chi connectivity index (χ2v) is 10.7. The average molecular weight is 546 g/mol. The van der Waals surface area contributed by atoms with E-state index in [1.807, 2.05) is 18.2 Å². The lowest BCUT2D eigenvalue weighted by molar-refractivity contribution is -0.258. The average Bonchev–Trinajstić information content (AvgIpc) is 3.48. The number of carbonyl (C=O) groups is 1. The van der Waals surface area contributed by atoms with Crippen molar-refractivity contribution in [1.29, 1.82) is 5.26 Å². The molecule has 2 aliphatic heterocycles. The molecule has 3 aromatic rings. The highest BCUT2D eigenvalue weighted by atomic mass is 16.6. The molecule has 2 saturated heterocycles. The molecule has 9 nitrogen and oxygen atoms in total. The maximum Gasteiger partial charge on any atom is 0.262 e. The van der Waals surface area contributed by atoms with Gasteiger partial charge in [0.25, 0.3) is 5.91 Å². The number of anilines is 1. The number of piperidine rings is 1. The Morgan fingerprint density at radius 1 is 1.02 bits per heavy atom. The lowest BCUT2D eigenvalue weighted by Crippen LogP contribution is -2.56. The van der Waals surface area contributed by atoms with Crippen LogP contribution in [0.1, 0.15) is 38.9 Å². The Labute approximate surface area is 233 Å². The fourth-order valence-electron chi connectivity index (χ4n) is 5.39. The molecule has 0 bridgehead atoms. The van der Waals surface area contributed by atoms with Crippen LogP contribution in [-0.2, 0) is 9.53 Å². The van der Waals surface area contributed by atoms with Gasteiger partial charge in [0.2, 0.25) is 0 Å². The number of fused-ring (bicyclic) bond motifs is 1. The third-order valence-corrected chi connectivity index (χ3v) is 8.02. The Hall–Kier alpha value is -3.68. The van der Waals surface area contributed by atoms with Crippen molar-refractivity contribution in [2.75, 3.05) is 24.5 Å². The molecule has 40 heavy (non-hydrogen) atoms. The van der Waals surface area contributed by atoms with E-state index in [2.05, 4.69) is 40.5 Å². The molecule has 5 atom stereocenters. The van der Waals surface area contributed by atoms with Gasteiger partial charge in [-0.05, 0) is 67.3 Å². The Morgan fingerprint density at radius 2 is 1.75 bits per heavy atom. The van der Waals surface area contributed by atoms with Crippen LogP contribution >= 0.6 is 0 Å². The van der Waals surface area contributed by atoms with E-state index in [-0.39, 0.29) is 12.1 Å². The van der Waals surface area contributed by atoms with Crippen LogP contribution in [0.3, 0.4) is 0 Å². The maximum absolute atomic E-state index is 12.8. The third-order valence-electron chi connectivity index (χ3n) is 8.02. The number of amides is 1. The summed E-state index contributed by atoms with van der Waals surface area (Å²) in [5.74, 6) is -0.348. The van der Waals surface area contributed by atoms with Crippen LogP contribution in [-0.4, -0.2) is 65.5 Å². The van der Waals surface area contributed by atoms with Gasteiger partial charge in [-0.15, -0.1) is 0 Å². The maximum atomic E-state index is 12.8. The number of nitrogens with zero attached hydrogens (tertiary/aromatic N) is 2. The molecule has 5 rings (SSSR count). The minimum atomic E-state index is -1.29. The van der Waals surface area contributed by atoms with Crippen molar-refractivity contribution in [2.45, 2.75) is 57.7 Å². The molecule has 2 fully saturated rings. The molecule has 0 spiro atoms. The standard InChI is InChI=1S/C31H35N3O6/c1-18(24(16-32)30(37)33-17-27-29(36)28(35)19(2)31(38)40-27)25-10-11-26(39-25)22-7-6-21-15-23(9-8-20(21)14-22)34-12-4-3-5-13-34/h6-11,14-15,19,27-29,31,35-36,38H,3-5,12-13,17H2,1-2H3,(H,33,37)/b24-18+/t19-,27-,28-,29-,31?/m1/s1. The predicted molar refractivity (Wildman–Crippen MR) is 151 cm³/mol. The van der Waals surface area contributed by atoms with Gasteiger partial charge in [-0.3, -0.25) is 4.79 Å². The number of allylic oxidation sites excluding steroid dienone is 1. The number of hydrogen-bond acceptors (Lipinski definition) is 8. The molecule has 210 valence electrons. The number of carbonyl (C=O) groups excluding carboxylic acids is 1. The van der Waals surface area contributed by atoms with Crippen molar-refractivity contribution < 1.29 is 29.3 Å². The molecule has 1 unspecified atom stereocenters. The number of ether oxygens (including phenoxy) is 1. The van der Waals surface area contributed by atoms with Crippen LogP contribution in [0, 0.1) is 17.2 Å². The molecule has 0 radical (unpaired) electrons. The molecule has 2 aromatic carbocycles. The minimum Gasteiger partial charge on any atom is -0.456 e. The van der Waals surface area contributed by atoms with Gasteiger partial charge in [0.15, 0.2) is 6.29 Å². The third kappa shape index (κ3) is 5.62. The molecular weight excluding hydrogens is 510 g/mol. The van der Waals surface area contributed by atoms with Gasteiger partial charge in [-0.25, -0.2) is 0 Å².